The average Bonchev–Trinajstić information content (AvgIpc) is 3.11. The lowest BCUT2D eigenvalue weighted by Crippen LogP contribution is -2.17. The fourth-order valence-electron chi connectivity index (χ4n) is 1.15. The molecule has 0 aromatic carbocycles. The van der Waals surface area contributed by atoms with Crippen molar-refractivity contribution in [1.82, 2.24) is 4.98 Å². The van der Waals surface area contributed by atoms with Gasteiger partial charge in [-0.25, -0.2) is 0 Å². The molecule has 1 fully saturated rings. The number of carbonyl (C=O) groups is 1. The second-order valence-corrected chi connectivity index (χ2v) is 5.31. The molecule has 0 aliphatic heterocycles. The fourth-order valence-corrected chi connectivity index (χ4v) is 1.15. The molecule has 3 nitrogen and oxygen atoms in total. The van der Waals surface area contributed by atoms with Gasteiger partial charge in [-0.15, -0.1) is 0 Å². The van der Waals surface area contributed by atoms with E-state index in [1.807, 2.05) is 33.0 Å². The molecule has 0 N–H and O–H groups in total. The number of ether oxygens (including phenoxy) is 1. The van der Waals surface area contributed by atoms with E-state index in [1.165, 1.54) is 18.4 Å². The molecule has 3 heteroatoms. The van der Waals surface area contributed by atoms with Gasteiger partial charge in [-0.05, 0) is 51.2 Å². The fraction of sp³-hybridized carbons (Fsp3) is 0.467. The van der Waals surface area contributed by atoms with E-state index in [1.54, 1.807) is 6.20 Å². The molecule has 0 amide bonds. The van der Waals surface area contributed by atoms with E-state index in [9.17, 15) is 4.79 Å². The third-order valence-corrected chi connectivity index (χ3v) is 2.27. The lowest BCUT2D eigenvalue weighted by molar-refractivity contribution is -0.138. The zero-order valence-corrected chi connectivity index (χ0v) is 11.3. The summed E-state index contributed by atoms with van der Waals surface area (Å²) in [7, 11) is 0. The Morgan fingerprint density at radius 3 is 2.50 bits per heavy atom. The van der Waals surface area contributed by atoms with Crippen molar-refractivity contribution >= 4 is 12.5 Å². The van der Waals surface area contributed by atoms with Gasteiger partial charge in [-0.1, -0.05) is 18.2 Å². The first-order chi connectivity index (χ1) is 8.51. The van der Waals surface area contributed by atoms with Crippen molar-refractivity contribution in [2.45, 2.75) is 39.2 Å². The number of carbonyl (C=O) groups excluding carboxylic acids is 1. The molecule has 1 aromatic heterocycles. The number of rotatable bonds is 3. The monoisotopic (exact) mass is 247 g/mol. The molecule has 18 heavy (non-hydrogen) atoms. The Morgan fingerprint density at radius 1 is 1.39 bits per heavy atom. The summed E-state index contributed by atoms with van der Waals surface area (Å²) in [5.41, 5.74) is 0.890. The van der Waals surface area contributed by atoms with Gasteiger partial charge in [0.2, 0.25) is 0 Å². The van der Waals surface area contributed by atoms with Gasteiger partial charge >= 0.3 is 0 Å². The number of nitrogens with zero attached hydrogens (tertiary/aromatic N) is 1. The SMILES string of the molecule is C(=C\C1CC1)/c1cccnc1.CC(C)(C)OC=O. The molecule has 0 bridgehead atoms. The van der Waals surface area contributed by atoms with Crippen LogP contribution in [0.3, 0.4) is 0 Å². The number of allylic oxidation sites excluding steroid dienone is 1. The molecule has 1 saturated carbocycles. The number of pyridine rings is 1. The van der Waals surface area contributed by atoms with E-state index in [-0.39, 0.29) is 5.60 Å². The van der Waals surface area contributed by atoms with Crippen LogP contribution in [0, 0.1) is 5.92 Å². The molecule has 1 aliphatic carbocycles. The lowest BCUT2D eigenvalue weighted by Gasteiger charge is -2.14. The van der Waals surface area contributed by atoms with Crippen LogP contribution in [0.4, 0.5) is 0 Å². The molecule has 0 atom stereocenters. The Labute approximate surface area is 109 Å². The highest BCUT2D eigenvalue weighted by molar-refractivity contribution is 5.48. The molecule has 0 unspecified atom stereocenters. The Morgan fingerprint density at radius 2 is 2.11 bits per heavy atom. The summed E-state index contributed by atoms with van der Waals surface area (Å²) in [5.74, 6) is 0.857. The van der Waals surface area contributed by atoms with Gasteiger partial charge in [-0.2, -0.15) is 0 Å². The normalized spacial score (nSPS) is 14.8. The number of hydrogen-bond acceptors (Lipinski definition) is 3. The van der Waals surface area contributed by atoms with E-state index in [0.29, 0.717) is 6.47 Å². The van der Waals surface area contributed by atoms with Crippen molar-refractivity contribution in [3.8, 4) is 0 Å². The predicted octanol–water partition coefficient (Wildman–Crippen LogP) is 3.46. The summed E-state index contributed by atoms with van der Waals surface area (Å²) in [6.07, 6.45) is 10.9. The summed E-state index contributed by atoms with van der Waals surface area (Å²) in [6.45, 7) is 5.92. The lowest BCUT2D eigenvalue weighted by atomic mass is 10.2. The van der Waals surface area contributed by atoms with Gasteiger partial charge < -0.3 is 4.74 Å². The molecule has 0 saturated heterocycles. The highest BCUT2D eigenvalue weighted by Crippen LogP contribution is 2.30. The quantitative estimate of drug-likeness (QED) is 0.768. The predicted molar refractivity (Wildman–Crippen MR) is 72.9 cm³/mol. The highest BCUT2D eigenvalue weighted by Gasteiger charge is 2.16. The molecule has 98 valence electrons. The van der Waals surface area contributed by atoms with Crippen LogP contribution < -0.4 is 0 Å². The third kappa shape index (κ3) is 7.60. The van der Waals surface area contributed by atoms with Crippen LogP contribution in [0.15, 0.2) is 30.6 Å². The average molecular weight is 247 g/mol. The summed E-state index contributed by atoms with van der Waals surface area (Å²) in [4.78, 5) is 13.6. The maximum absolute atomic E-state index is 9.60. The first-order valence-electron chi connectivity index (χ1n) is 6.21. The minimum absolute atomic E-state index is 0.318. The van der Waals surface area contributed by atoms with Gasteiger partial charge in [0, 0.05) is 12.4 Å². The molecule has 0 radical (unpaired) electrons. The Balaban J connectivity index is 0.000000203. The Hall–Kier alpha value is -1.64. The Bertz CT molecular complexity index is 375. The van der Waals surface area contributed by atoms with Crippen molar-refractivity contribution in [2.75, 3.05) is 0 Å². The summed E-state index contributed by atoms with van der Waals surface area (Å²) in [6, 6.07) is 4.04. The standard InChI is InChI=1S/C10H11N.C5H10O2/c1-2-10(8-11-7-1)6-5-9-3-4-9;1-5(2,3)7-4-6/h1-2,5-9H,3-4H2;4H,1-3H3/b6-5+;. The smallest absolute Gasteiger partial charge is 0.293 e. The summed E-state index contributed by atoms with van der Waals surface area (Å²) < 4.78 is 4.55. The van der Waals surface area contributed by atoms with Crippen LogP contribution in [-0.2, 0) is 9.53 Å². The molecule has 1 aliphatic rings. The van der Waals surface area contributed by atoms with Gasteiger partial charge in [0.1, 0.15) is 5.60 Å². The molecule has 0 spiro atoms. The van der Waals surface area contributed by atoms with Crippen LogP contribution in [0.5, 0.6) is 0 Å². The maximum atomic E-state index is 9.60. The first kappa shape index (κ1) is 14.4. The maximum Gasteiger partial charge on any atom is 0.293 e. The van der Waals surface area contributed by atoms with E-state index in [4.69, 9.17) is 0 Å². The zero-order valence-electron chi connectivity index (χ0n) is 11.3. The second-order valence-electron chi connectivity index (χ2n) is 5.31. The molecule has 1 aromatic rings. The van der Waals surface area contributed by atoms with Crippen molar-refractivity contribution < 1.29 is 9.53 Å². The zero-order chi connectivity index (χ0) is 13.4. The topological polar surface area (TPSA) is 39.2 Å². The molecule has 1 heterocycles. The van der Waals surface area contributed by atoms with Gasteiger partial charge in [0.25, 0.3) is 6.47 Å². The highest BCUT2D eigenvalue weighted by atomic mass is 16.5. The molecule has 2 rings (SSSR count). The van der Waals surface area contributed by atoms with Crippen molar-refractivity contribution in [3.05, 3.63) is 36.2 Å². The van der Waals surface area contributed by atoms with E-state index < -0.39 is 0 Å². The van der Waals surface area contributed by atoms with E-state index in [0.717, 1.165) is 5.92 Å². The first-order valence-corrected chi connectivity index (χ1v) is 6.21. The van der Waals surface area contributed by atoms with Crippen molar-refractivity contribution in [3.63, 3.8) is 0 Å². The number of hydrogen-bond donors (Lipinski definition) is 0. The Kier molecular flexibility index (Phi) is 5.56. The molecular formula is C15H21NO2. The third-order valence-electron chi connectivity index (χ3n) is 2.27. The van der Waals surface area contributed by atoms with Crippen LogP contribution in [0.2, 0.25) is 0 Å². The van der Waals surface area contributed by atoms with Gasteiger partial charge in [0.05, 0.1) is 0 Å². The van der Waals surface area contributed by atoms with Gasteiger partial charge in [-0.3, -0.25) is 9.78 Å². The summed E-state index contributed by atoms with van der Waals surface area (Å²) in [5, 5.41) is 0. The minimum atomic E-state index is -0.318. The van der Waals surface area contributed by atoms with Gasteiger partial charge in [0.15, 0.2) is 0 Å². The van der Waals surface area contributed by atoms with Crippen LogP contribution in [0.1, 0.15) is 39.2 Å². The van der Waals surface area contributed by atoms with Crippen LogP contribution in [-0.4, -0.2) is 17.1 Å². The van der Waals surface area contributed by atoms with Crippen molar-refractivity contribution in [1.29, 1.82) is 0 Å². The van der Waals surface area contributed by atoms with Crippen molar-refractivity contribution in [2.24, 2.45) is 5.92 Å². The largest absolute Gasteiger partial charge is 0.462 e. The minimum Gasteiger partial charge on any atom is -0.462 e. The van der Waals surface area contributed by atoms with Crippen LogP contribution in [0.25, 0.3) is 6.08 Å². The second kappa shape index (κ2) is 6.94. The van der Waals surface area contributed by atoms with E-state index >= 15 is 0 Å². The summed E-state index contributed by atoms with van der Waals surface area (Å²) >= 11 is 0. The molecular weight excluding hydrogens is 226 g/mol. The van der Waals surface area contributed by atoms with E-state index in [2.05, 4.69) is 27.9 Å². The van der Waals surface area contributed by atoms with Crippen LogP contribution >= 0.6 is 0 Å². The number of aromatic nitrogens is 1.